The van der Waals surface area contributed by atoms with Crippen LogP contribution in [0.4, 0.5) is 11.4 Å². The van der Waals surface area contributed by atoms with E-state index in [4.69, 9.17) is 40.5 Å². The average molecular weight is 348 g/mol. The van der Waals surface area contributed by atoms with Crippen LogP contribution >= 0.6 is 34.8 Å². The number of nitrogen functional groups attached to an aromatic ring is 1. The largest absolute Gasteiger partial charge is 0.395 e. The van der Waals surface area contributed by atoms with E-state index < -0.39 is 5.91 Å². The van der Waals surface area contributed by atoms with Gasteiger partial charge in [-0.1, -0.05) is 34.8 Å². The molecule has 0 saturated heterocycles. The van der Waals surface area contributed by atoms with Crippen molar-refractivity contribution in [3.63, 3.8) is 0 Å². The van der Waals surface area contributed by atoms with Gasteiger partial charge in [0.15, 0.2) is 0 Å². The van der Waals surface area contributed by atoms with E-state index in [1.165, 1.54) is 16.8 Å². The number of nitrogens with one attached hydrogen (secondary N) is 1. The molecule has 0 bridgehead atoms. The fraction of sp³-hybridized carbons (Fsp3) is 0.231. The second kappa shape index (κ2) is 6.13. The molecule has 3 N–H and O–H groups in total. The van der Waals surface area contributed by atoms with Crippen LogP contribution in [0.5, 0.6) is 0 Å². The Morgan fingerprint density at radius 3 is 2.43 bits per heavy atom. The molecular formula is C13H13Cl3N4O. The molecule has 1 amide bonds. The summed E-state index contributed by atoms with van der Waals surface area (Å²) in [6.45, 7) is 4.12. The van der Waals surface area contributed by atoms with Crippen LogP contribution in [0.1, 0.15) is 23.1 Å². The Balaban J connectivity index is 2.40. The SMILES string of the molecule is CCn1nc(C)c(N)c1C(=O)Nc1c(Cl)cc(Cl)cc1Cl. The second-order valence-electron chi connectivity index (χ2n) is 4.36. The van der Waals surface area contributed by atoms with Crippen LogP contribution in [0.3, 0.4) is 0 Å². The molecule has 21 heavy (non-hydrogen) atoms. The smallest absolute Gasteiger partial charge is 0.276 e. The molecule has 0 spiro atoms. The summed E-state index contributed by atoms with van der Waals surface area (Å²) in [5.41, 5.74) is 7.39. The molecule has 2 aromatic rings. The highest BCUT2D eigenvalue weighted by molar-refractivity contribution is 6.42. The van der Waals surface area contributed by atoms with Crippen molar-refractivity contribution in [3.05, 3.63) is 38.6 Å². The van der Waals surface area contributed by atoms with Gasteiger partial charge in [-0.05, 0) is 26.0 Å². The minimum Gasteiger partial charge on any atom is -0.395 e. The van der Waals surface area contributed by atoms with E-state index in [1.807, 2.05) is 6.92 Å². The first-order valence-electron chi connectivity index (χ1n) is 6.13. The van der Waals surface area contributed by atoms with Gasteiger partial charge in [0.05, 0.1) is 27.1 Å². The molecule has 0 fully saturated rings. The van der Waals surface area contributed by atoms with Gasteiger partial charge in [-0.2, -0.15) is 5.10 Å². The van der Waals surface area contributed by atoms with Crippen molar-refractivity contribution in [2.24, 2.45) is 0 Å². The number of nitrogens with zero attached hydrogens (tertiary/aromatic N) is 2. The first-order valence-corrected chi connectivity index (χ1v) is 7.27. The third-order valence-corrected chi connectivity index (χ3v) is 3.75. The molecule has 0 aliphatic heterocycles. The first-order chi connectivity index (χ1) is 9.85. The Bertz CT molecular complexity index is 689. The number of benzene rings is 1. The fourth-order valence-electron chi connectivity index (χ4n) is 1.90. The summed E-state index contributed by atoms with van der Waals surface area (Å²) in [7, 11) is 0. The maximum Gasteiger partial charge on any atom is 0.276 e. The third kappa shape index (κ3) is 3.10. The van der Waals surface area contributed by atoms with Crippen LogP contribution in [0.2, 0.25) is 15.1 Å². The average Bonchev–Trinajstić information content (AvgIpc) is 2.69. The molecule has 0 atom stereocenters. The molecule has 1 heterocycles. The van der Waals surface area contributed by atoms with Gasteiger partial charge in [0.1, 0.15) is 5.69 Å². The van der Waals surface area contributed by atoms with Crippen LogP contribution in [0.25, 0.3) is 0 Å². The van der Waals surface area contributed by atoms with Crippen molar-refractivity contribution in [1.29, 1.82) is 0 Å². The zero-order valence-electron chi connectivity index (χ0n) is 11.4. The number of amides is 1. The van der Waals surface area contributed by atoms with E-state index >= 15 is 0 Å². The standard InChI is InChI=1S/C13H13Cl3N4O/c1-3-20-12(10(17)6(2)19-20)13(21)18-11-8(15)4-7(14)5-9(11)16/h4-5H,3,17H2,1-2H3,(H,18,21). The Kier molecular flexibility index (Phi) is 4.66. The van der Waals surface area contributed by atoms with E-state index in [0.29, 0.717) is 22.9 Å². The molecule has 5 nitrogen and oxygen atoms in total. The molecule has 112 valence electrons. The van der Waals surface area contributed by atoms with Crippen molar-refractivity contribution in [3.8, 4) is 0 Å². The molecular weight excluding hydrogens is 335 g/mol. The van der Waals surface area contributed by atoms with E-state index in [-0.39, 0.29) is 21.4 Å². The number of carbonyl (C=O) groups excluding carboxylic acids is 1. The van der Waals surface area contributed by atoms with Crippen molar-refractivity contribution in [1.82, 2.24) is 9.78 Å². The summed E-state index contributed by atoms with van der Waals surface area (Å²) in [4.78, 5) is 12.4. The van der Waals surface area contributed by atoms with Crippen molar-refractivity contribution in [2.75, 3.05) is 11.1 Å². The molecule has 8 heteroatoms. The lowest BCUT2D eigenvalue weighted by molar-refractivity contribution is 0.101. The van der Waals surface area contributed by atoms with Crippen molar-refractivity contribution < 1.29 is 4.79 Å². The van der Waals surface area contributed by atoms with Crippen LogP contribution in [-0.2, 0) is 6.54 Å². The molecule has 0 radical (unpaired) electrons. The highest BCUT2D eigenvalue weighted by atomic mass is 35.5. The van der Waals surface area contributed by atoms with Gasteiger partial charge in [-0.25, -0.2) is 0 Å². The van der Waals surface area contributed by atoms with Gasteiger partial charge < -0.3 is 11.1 Å². The molecule has 0 unspecified atom stereocenters. The molecule has 1 aromatic carbocycles. The summed E-state index contributed by atoms with van der Waals surface area (Å²) in [5.74, 6) is -0.430. The molecule has 1 aromatic heterocycles. The lowest BCUT2D eigenvalue weighted by Gasteiger charge is -2.11. The van der Waals surface area contributed by atoms with E-state index in [9.17, 15) is 4.79 Å². The van der Waals surface area contributed by atoms with Gasteiger partial charge in [0.25, 0.3) is 5.91 Å². The highest BCUT2D eigenvalue weighted by Crippen LogP contribution is 2.34. The molecule has 2 rings (SSSR count). The third-order valence-electron chi connectivity index (χ3n) is 2.93. The van der Waals surface area contributed by atoms with Gasteiger partial charge in [-0.3, -0.25) is 9.48 Å². The van der Waals surface area contributed by atoms with Gasteiger partial charge in [0.2, 0.25) is 0 Å². The number of hydrogen-bond donors (Lipinski definition) is 2. The molecule has 0 saturated carbocycles. The monoisotopic (exact) mass is 346 g/mol. The number of aromatic nitrogens is 2. The van der Waals surface area contributed by atoms with Crippen molar-refractivity contribution >= 4 is 52.1 Å². The zero-order valence-corrected chi connectivity index (χ0v) is 13.6. The van der Waals surface area contributed by atoms with E-state index in [1.54, 1.807) is 6.92 Å². The number of halogens is 3. The van der Waals surface area contributed by atoms with Gasteiger partial charge in [0, 0.05) is 11.6 Å². The minimum atomic E-state index is -0.430. The number of hydrogen-bond acceptors (Lipinski definition) is 3. The maximum atomic E-state index is 12.4. The Morgan fingerprint density at radius 1 is 1.33 bits per heavy atom. The lowest BCUT2D eigenvalue weighted by Crippen LogP contribution is -2.19. The number of aryl methyl sites for hydroxylation is 2. The van der Waals surface area contributed by atoms with Crippen LogP contribution in [-0.4, -0.2) is 15.7 Å². The predicted octanol–water partition coefficient (Wildman–Crippen LogP) is 4.01. The van der Waals surface area contributed by atoms with Gasteiger partial charge in [-0.15, -0.1) is 0 Å². The maximum absolute atomic E-state index is 12.4. The topological polar surface area (TPSA) is 72.9 Å². The van der Waals surface area contributed by atoms with Crippen LogP contribution < -0.4 is 11.1 Å². The Hall–Kier alpha value is -1.43. The highest BCUT2D eigenvalue weighted by Gasteiger charge is 2.21. The van der Waals surface area contributed by atoms with E-state index in [0.717, 1.165) is 0 Å². The molecule has 0 aliphatic rings. The second-order valence-corrected chi connectivity index (χ2v) is 5.61. The van der Waals surface area contributed by atoms with Gasteiger partial charge >= 0.3 is 0 Å². The number of carbonyl (C=O) groups is 1. The summed E-state index contributed by atoms with van der Waals surface area (Å²) >= 11 is 17.9. The zero-order chi connectivity index (χ0) is 15.7. The minimum absolute atomic E-state index is 0.249. The number of rotatable bonds is 3. The van der Waals surface area contributed by atoms with E-state index in [2.05, 4.69) is 10.4 Å². The number of anilines is 2. The molecule has 0 aliphatic carbocycles. The summed E-state index contributed by atoms with van der Waals surface area (Å²) in [6, 6.07) is 2.99. The quantitative estimate of drug-likeness (QED) is 0.881. The summed E-state index contributed by atoms with van der Waals surface area (Å²) in [6.07, 6.45) is 0. The predicted molar refractivity (Wildman–Crippen MR) is 86.5 cm³/mol. The van der Waals surface area contributed by atoms with Crippen molar-refractivity contribution in [2.45, 2.75) is 20.4 Å². The van der Waals surface area contributed by atoms with Crippen LogP contribution in [0, 0.1) is 6.92 Å². The van der Waals surface area contributed by atoms with Crippen LogP contribution in [0.15, 0.2) is 12.1 Å². The Morgan fingerprint density at radius 2 is 1.90 bits per heavy atom. The lowest BCUT2D eigenvalue weighted by atomic mass is 10.2. The fourth-order valence-corrected chi connectivity index (χ4v) is 2.81. The normalized spacial score (nSPS) is 10.7. The Labute approximate surface area is 137 Å². The first kappa shape index (κ1) is 15.9. The summed E-state index contributed by atoms with van der Waals surface area (Å²) in [5, 5.41) is 7.73. The summed E-state index contributed by atoms with van der Waals surface area (Å²) < 4.78 is 1.53. The number of nitrogens with two attached hydrogens (primary N) is 1.